The molecular formula is C20H21NO3. The van der Waals surface area contributed by atoms with Crippen LogP contribution in [-0.4, -0.2) is 24.3 Å². The van der Waals surface area contributed by atoms with E-state index in [-0.39, 0.29) is 0 Å². The Bertz CT molecular complexity index is 753. The first-order valence-electron chi connectivity index (χ1n) is 7.72. The number of terminal acetylenes is 1. The standard InChI is InChI=1S/C20H21NO3/c1-5-17-16(19(6-2)23-4)13-18(20(22)24-7-3)21(17)14-15-11-9-8-10-12-15/h2,5,8-13,19H,1,7,14H2,3-4H3. The maximum absolute atomic E-state index is 12.4. The number of rotatable bonds is 7. The Hall–Kier alpha value is -2.77. The highest BCUT2D eigenvalue weighted by atomic mass is 16.5. The molecule has 124 valence electrons. The van der Waals surface area contributed by atoms with Crippen molar-refractivity contribution in [3.05, 3.63) is 65.5 Å². The summed E-state index contributed by atoms with van der Waals surface area (Å²) in [5, 5.41) is 0. The number of hydrogen-bond donors (Lipinski definition) is 0. The van der Waals surface area contributed by atoms with Crippen molar-refractivity contribution in [1.29, 1.82) is 0 Å². The van der Waals surface area contributed by atoms with Crippen LogP contribution in [0.5, 0.6) is 0 Å². The Morgan fingerprint density at radius 3 is 2.67 bits per heavy atom. The summed E-state index contributed by atoms with van der Waals surface area (Å²) in [5.74, 6) is 2.19. The molecule has 2 rings (SSSR count). The number of methoxy groups -OCH3 is 1. The molecule has 0 aliphatic carbocycles. The van der Waals surface area contributed by atoms with Crippen molar-refractivity contribution < 1.29 is 14.3 Å². The average molecular weight is 323 g/mol. The van der Waals surface area contributed by atoms with Gasteiger partial charge >= 0.3 is 5.97 Å². The monoisotopic (exact) mass is 323 g/mol. The largest absolute Gasteiger partial charge is 0.461 e. The molecule has 0 N–H and O–H groups in total. The lowest BCUT2D eigenvalue weighted by Gasteiger charge is -2.13. The van der Waals surface area contributed by atoms with Gasteiger partial charge in [0.1, 0.15) is 11.8 Å². The summed E-state index contributed by atoms with van der Waals surface area (Å²) < 4.78 is 12.4. The smallest absolute Gasteiger partial charge is 0.354 e. The van der Waals surface area contributed by atoms with Crippen molar-refractivity contribution in [2.75, 3.05) is 13.7 Å². The van der Waals surface area contributed by atoms with Crippen LogP contribution in [0.4, 0.5) is 0 Å². The summed E-state index contributed by atoms with van der Waals surface area (Å²) >= 11 is 0. The fourth-order valence-corrected chi connectivity index (χ4v) is 2.62. The van der Waals surface area contributed by atoms with Crippen molar-refractivity contribution in [2.24, 2.45) is 0 Å². The fraction of sp³-hybridized carbons (Fsp3) is 0.250. The third kappa shape index (κ3) is 3.58. The molecule has 0 aliphatic rings. The average Bonchev–Trinajstić information content (AvgIpc) is 2.95. The van der Waals surface area contributed by atoms with Crippen LogP contribution < -0.4 is 0 Å². The number of carbonyl (C=O) groups excluding carboxylic acids is 1. The zero-order chi connectivity index (χ0) is 17.5. The van der Waals surface area contributed by atoms with Crippen LogP contribution in [0, 0.1) is 12.3 Å². The number of nitrogens with zero attached hydrogens (tertiary/aromatic N) is 1. The predicted octanol–water partition coefficient (Wildman–Crippen LogP) is 3.68. The van der Waals surface area contributed by atoms with E-state index in [1.807, 2.05) is 34.9 Å². The Labute approximate surface area is 142 Å². The van der Waals surface area contributed by atoms with Gasteiger partial charge < -0.3 is 14.0 Å². The SMILES string of the molecule is C#CC(OC)c1cc(C(=O)OCC)n(Cc2ccccc2)c1C=C. The molecule has 4 heteroatoms. The first-order valence-corrected chi connectivity index (χ1v) is 7.72. The molecule has 1 heterocycles. The van der Waals surface area contributed by atoms with Gasteiger partial charge in [0.15, 0.2) is 0 Å². The second-order valence-corrected chi connectivity index (χ2v) is 5.15. The Morgan fingerprint density at radius 2 is 2.12 bits per heavy atom. The van der Waals surface area contributed by atoms with Gasteiger partial charge in [0.05, 0.1) is 6.61 Å². The van der Waals surface area contributed by atoms with Gasteiger partial charge in [-0.25, -0.2) is 4.79 Å². The number of ether oxygens (including phenoxy) is 2. The summed E-state index contributed by atoms with van der Waals surface area (Å²) in [6, 6.07) is 11.6. The van der Waals surface area contributed by atoms with Crippen LogP contribution in [0.2, 0.25) is 0 Å². The number of hydrogen-bond acceptors (Lipinski definition) is 3. The summed E-state index contributed by atoms with van der Waals surface area (Å²) in [7, 11) is 1.54. The highest BCUT2D eigenvalue weighted by Gasteiger charge is 2.23. The zero-order valence-corrected chi connectivity index (χ0v) is 14.0. The number of aromatic nitrogens is 1. The van der Waals surface area contributed by atoms with Gasteiger partial charge in [-0.05, 0) is 24.6 Å². The van der Waals surface area contributed by atoms with Gasteiger partial charge in [-0.3, -0.25) is 0 Å². The van der Waals surface area contributed by atoms with E-state index in [1.165, 1.54) is 7.11 Å². The van der Waals surface area contributed by atoms with Crippen molar-refractivity contribution in [2.45, 2.75) is 19.6 Å². The van der Waals surface area contributed by atoms with Crippen molar-refractivity contribution >= 4 is 12.0 Å². The third-order valence-electron chi connectivity index (χ3n) is 3.70. The van der Waals surface area contributed by atoms with E-state index in [1.54, 1.807) is 19.1 Å². The Morgan fingerprint density at radius 1 is 1.42 bits per heavy atom. The van der Waals surface area contributed by atoms with E-state index in [0.717, 1.165) is 16.8 Å². The maximum Gasteiger partial charge on any atom is 0.354 e. The lowest BCUT2D eigenvalue weighted by Crippen LogP contribution is -2.14. The highest BCUT2D eigenvalue weighted by Crippen LogP contribution is 2.27. The van der Waals surface area contributed by atoms with Gasteiger partial charge in [-0.15, -0.1) is 6.42 Å². The molecule has 2 aromatic rings. The summed E-state index contributed by atoms with van der Waals surface area (Å²) in [6.45, 7) is 6.46. The van der Waals surface area contributed by atoms with E-state index in [0.29, 0.717) is 18.8 Å². The number of esters is 1. The summed E-state index contributed by atoms with van der Waals surface area (Å²) in [5.41, 5.74) is 2.98. The quantitative estimate of drug-likeness (QED) is 0.576. The molecule has 1 unspecified atom stereocenters. The van der Waals surface area contributed by atoms with Crippen LogP contribution in [0.1, 0.15) is 40.3 Å². The van der Waals surface area contributed by atoms with Gasteiger partial charge in [0, 0.05) is 24.9 Å². The topological polar surface area (TPSA) is 40.5 Å². The van der Waals surface area contributed by atoms with Crippen molar-refractivity contribution in [3.8, 4) is 12.3 Å². The van der Waals surface area contributed by atoms with E-state index < -0.39 is 12.1 Å². The minimum Gasteiger partial charge on any atom is -0.461 e. The number of benzene rings is 1. The molecule has 0 bridgehead atoms. The Balaban J connectivity index is 2.57. The molecule has 1 atom stereocenters. The van der Waals surface area contributed by atoms with Crippen LogP contribution in [0.15, 0.2) is 43.0 Å². The maximum atomic E-state index is 12.4. The molecule has 4 nitrogen and oxygen atoms in total. The molecule has 0 saturated heterocycles. The number of carbonyl (C=O) groups is 1. The lowest BCUT2D eigenvalue weighted by molar-refractivity contribution is 0.0514. The van der Waals surface area contributed by atoms with Gasteiger partial charge in [-0.1, -0.05) is 42.8 Å². The van der Waals surface area contributed by atoms with Crippen LogP contribution in [0.3, 0.4) is 0 Å². The van der Waals surface area contributed by atoms with Crippen LogP contribution >= 0.6 is 0 Å². The van der Waals surface area contributed by atoms with Gasteiger partial charge in [-0.2, -0.15) is 0 Å². The second-order valence-electron chi connectivity index (χ2n) is 5.15. The molecule has 1 aromatic heterocycles. The molecule has 0 amide bonds. The van der Waals surface area contributed by atoms with E-state index in [4.69, 9.17) is 15.9 Å². The Kier molecular flexibility index (Phi) is 6.00. The summed E-state index contributed by atoms with van der Waals surface area (Å²) in [6.07, 6.45) is 6.68. The molecule has 0 radical (unpaired) electrons. The zero-order valence-electron chi connectivity index (χ0n) is 14.0. The molecule has 1 aromatic carbocycles. The molecule has 0 fully saturated rings. The van der Waals surface area contributed by atoms with Crippen molar-refractivity contribution in [1.82, 2.24) is 4.57 Å². The second kappa shape index (κ2) is 8.19. The minimum absolute atomic E-state index is 0.303. The van der Waals surface area contributed by atoms with Crippen molar-refractivity contribution in [3.63, 3.8) is 0 Å². The summed E-state index contributed by atoms with van der Waals surface area (Å²) in [4.78, 5) is 12.4. The molecule has 24 heavy (non-hydrogen) atoms. The van der Waals surface area contributed by atoms with Crippen LogP contribution in [0.25, 0.3) is 6.08 Å². The highest BCUT2D eigenvalue weighted by molar-refractivity contribution is 5.89. The van der Waals surface area contributed by atoms with E-state index in [9.17, 15) is 4.79 Å². The first kappa shape index (κ1) is 17.6. The molecule has 0 spiro atoms. The molecule has 0 aliphatic heterocycles. The molecular weight excluding hydrogens is 302 g/mol. The third-order valence-corrected chi connectivity index (χ3v) is 3.70. The van der Waals surface area contributed by atoms with Crippen LogP contribution in [-0.2, 0) is 16.0 Å². The minimum atomic E-state index is -0.553. The lowest BCUT2D eigenvalue weighted by atomic mass is 10.1. The van der Waals surface area contributed by atoms with E-state index >= 15 is 0 Å². The molecule has 0 saturated carbocycles. The first-order chi connectivity index (χ1) is 11.7. The normalized spacial score (nSPS) is 11.5. The fourth-order valence-electron chi connectivity index (χ4n) is 2.62. The van der Waals surface area contributed by atoms with Gasteiger partial charge in [0.25, 0.3) is 0 Å². The predicted molar refractivity (Wildman–Crippen MR) is 94.6 cm³/mol. The van der Waals surface area contributed by atoms with Gasteiger partial charge in [0.2, 0.25) is 0 Å². The van der Waals surface area contributed by atoms with E-state index in [2.05, 4.69) is 12.5 Å².